The Morgan fingerprint density at radius 2 is 2.00 bits per heavy atom. The zero-order chi connectivity index (χ0) is 15.2. The van der Waals surface area contributed by atoms with Crippen molar-refractivity contribution in [2.24, 2.45) is 0 Å². The van der Waals surface area contributed by atoms with E-state index in [1.54, 1.807) is 0 Å². The lowest BCUT2D eigenvalue weighted by molar-refractivity contribution is -0.137. The molecule has 0 aliphatic heterocycles. The third-order valence-electron chi connectivity index (χ3n) is 3.43. The highest BCUT2D eigenvalue weighted by Crippen LogP contribution is 2.22. The number of nitrogens with zero attached hydrogens (tertiary/aromatic N) is 1. The van der Waals surface area contributed by atoms with Gasteiger partial charge in [-0.1, -0.05) is 18.2 Å². The average molecular weight is 288 g/mol. The fourth-order valence-corrected chi connectivity index (χ4v) is 2.46. The van der Waals surface area contributed by atoms with Crippen LogP contribution in [0, 0.1) is 0 Å². The number of aromatic nitrogens is 1. The van der Waals surface area contributed by atoms with Gasteiger partial charge in [0.15, 0.2) is 0 Å². The molecule has 112 valence electrons. The molecule has 21 heavy (non-hydrogen) atoms. The molecule has 0 saturated heterocycles. The maximum Gasteiger partial charge on any atom is 0.303 e. The van der Waals surface area contributed by atoms with Crippen LogP contribution in [0.2, 0.25) is 0 Å². The molecule has 0 aliphatic rings. The van der Waals surface area contributed by atoms with E-state index >= 15 is 0 Å². The Morgan fingerprint density at radius 1 is 1.24 bits per heavy atom. The van der Waals surface area contributed by atoms with Gasteiger partial charge in [0.25, 0.3) is 0 Å². The van der Waals surface area contributed by atoms with Crippen molar-refractivity contribution in [2.45, 2.75) is 32.7 Å². The fourth-order valence-electron chi connectivity index (χ4n) is 2.46. The predicted octanol–water partition coefficient (Wildman–Crippen LogP) is 2.18. The normalized spacial score (nSPS) is 10.7. The van der Waals surface area contributed by atoms with E-state index in [0.717, 1.165) is 16.5 Å². The second-order valence-electron chi connectivity index (χ2n) is 4.96. The first-order valence-corrected chi connectivity index (χ1v) is 7.17. The van der Waals surface area contributed by atoms with Gasteiger partial charge in [-0.3, -0.25) is 9.59 Å². The Morgan fingerprint density at radius 3 is 2.71 bits per heavy atom. The lowest BCUT2D eigenvalue weighted by Crippen LogP contribution is -2.23. The van der Waals surface area contributed by atoms with Crippen molar-refractivity contribution in [3.05, 3.63) is 36.0 Å². The number of rotatable bonds is 7. The SMILES string of the molecule is CCNC(=O)CCn1cc(CCC(=O)O)c2ccccc21. The number of fused-ring (bicyclic) bond motifs is 1. The Bertz CT molecular complexity index is 646. The monoisotopic (exact) mass is 288 g/mol. The predicted molar refractivity (Wildman–Crippen MR) is 81.2 cm³/mol. The topological polar surface area (TPSA) is 71.3 Å². The highest BCUT2D eigenvalue weighted by Gasteiger charge is 2.10. The van der Waals surface area contributed by atoms with Crippen molar-refractivity contribution >= 4 is 22.8 Å². The molecule has 0 fully saturated rings. The van der Waals surface area contributed by atoms with Crippen LogP contribution in [0.1, 0.15) is 25.3 Å². The number of benzene rings is 1. The molecule has 0 radical (unpaired) electrons. The first-order chi connectivity index (χ1) is 10.1. The molecule has 5 nitrogen and oxygen atoms in total. The van der Waals surface area contributed by atoms with Crippen LogP contribution in [0.5, 0.6) is 0 Å². The Balaban J connectivity index is 2.19. The van der Waals surface area contributed by atoms with Crippen molar-refractivity contribution in [2.75, 3.05) is 6.54 Å². The van der Waals surface area contributed by atoms with Crippen LogP contribution in [0.4, 0.5) is 0 Å². The summed E-state index contributed by atoms with van der Waals surface area (Å²) in [6.07, 6.45) is 3.01. The molecule has 0 aliphatic carbocycles. The zero-order valence-corrected chi connectivity index (χ0v) is 12.1. The molecule has 0 atom stereocenters. The molecule has 1 heterocycles. The fraction of sp³-hybridized carbons (Fsp3) is 0.375. The van der Waals surface area contributed by atoms with Gasteiger partial charge in [-0.25, -0.2) is 0 Å². The molecular formula is C16H20N2O3. The summed E-state index contributed by atoms with van der Waals surface area (Å²) in [5, 5.41) is 12.7. The first kappa shape index (κ1) is 15.1. The van der Waals surface area contributed by atoms with Crippen LogP contribution in [0.15, 0.2) is 30.5 Å². The number of hydrogen-bond acceptors (Lipinski definition) is 2. The van der Waals surface area contributed by atoms with Crippen LogP contribution >= 0.6 is 0 Å². The van der Waals surface area contributed by atoms with E-state index in [1.807, 2.05) is 42.0 Å². The van der Waals surface area contributed by atoms with E-state index in [1.165, 1.54) is 0 Å². The molecule has 0 spiro atoms. The van der Waals surface area contributed by atoms with Crippen molar-refractivity contribution in [1.29, 1.82) is 0 Å². The molecular weight excluding hydrogens is 268 g/mol. The number of nitrogens with one attached hydrogen (secondary N) is 1. The van der Waals surface area contributed by atoms with Gasteiger partial charge in [0.2, 0.25) is 5.91 Å². The van der Waals surface area contributed by atoms with Gasteiger partial charge in [0.1, 0.15) is 0 Å². The number of aliphatic carboxylic acids is 1. The lowest BCUT2D eigenvalue weighted by Gasteiger charge is -2.05. The number of amides is 1. The van der Waals surface area contributed by atoms with Crippen molar-refractivity contribution < 1.29 is 14.7 Å². The molecule has 0 saturated carbocycles. The number of para-hydroxylation sites is 1. The molecule has 0 bridgehead atoms. The molecule has 1 aromatic carbocycles. The number of aryl methyl sites for hydroxylation is 2. The molecule has 2 N–H and O–H groups in total. The van der Waals surface area contributed by atoms with Crippen LogP contribution in [0.3, 0.4) is 0 Å². The summed E-state index contributed by atoms with van der Waals surface area (Å²) >= 11 is 0. The largest absolute Gasteiger partial charge is 0.481 e. The minimum Gasteiger partial charge on any atom is -0.481 e. The molecule has 5 heteroatoms. The molecule has 1 aromatic heterocycles. The second-order valence-corrected chi connectivity index (χ2v) is 4.96. The number of carbonyl (C=O) groups excluding carboxylic acids is 1. The van der Waals surface area contributed by atoms with E-state index in [9.17, 15) is 9.59 Å². The maximum absolute atomic E-state index is 11.6. The highest BCUT2D eigenvalue weighted by molar-refractivity contribution is 5.84. The van der Waals surface area contributed by atoms with E-state index in [0.29, 0.717) is 25.9 Å². The van der Waals surface area contributed by atoms with E-state index < -0.39 is 5.97 Å². The maximum atomic E-state index is 11.6. The van der Waals surface area contributed by atoms with Crippen LogP contribution < -0.4 is 5.32 Å². The Labute approximate surface area is 123 Å². The minimum absolute atomic E-state index is 0.0300. The van der Waals surface area contributed by atoms with Crippen LogP contribution in [-0.2, 0) is 22.6 Å². The second kappa shape index (κ2) is 6.92. The third kappa shape index (κ3) is 3.84. The summed E-state index contributed by atoms with van der Waals surface area (Å²) in [4.78, 5) is 22.3. The Kier molecular flexibility index (Phi) is 4.98. The molecule has 2 aromatic rings. The van der Waals surface area contributed by atoms with E-state index in [2.05, 4.69) is 5.32 Å². The lowest BCUT2D eigenvalue weighted by atomic mass is 10.1. The summed E-state index contributed by atoms with van der Waals surface area (Å²) in [6, 6.07) is 7.89. The highest BCUT2D eigenvalue weighted by atomic mass is 16.4. The number of carboxylic acids is 1. The average Bonchev–Trinajstić information content (AvgIpc) is 2.82. The van der Waals surface area contributed by atoms with Crippen LogP contribution in [0.25, 0.3) is 10.9 Å². The number of carboxylic acid groups (broad SMARTS) is 1. The summed E-state index contributed by atoms with van der Waals surface area (Å²) < 4.78 is 2.03. The first-order valence-electron chi connectivity index (χ1n) is 7.17. The van der Waals surface area contributed by atoms with Crippen molar-refractivity contribution in [3.63, 3.8) is 0 Å². The quantitative estimate of drug-likeness (QED) is 0.820. The van der Waals surface area contributed by atoms with Gasteiger partial charge in [-0.05, 0) is 25.0 Å². The summed E-state index contributed by atoms with van der Waals surface area (Å²) in [7, 11) is 0. The Hall–Kier alpha value is -2.30. The van der Waals surface area contributed by atoms with E-state index in [-0.39, 0.29) is 12.3 Å². The van der Waals surface area contributed by atoms with Crippen molar-refractivity contribution in [3.8, 4) is 0 Å². The van der Waals surface area contributed by atoms with Gasteiger partial charge in [0, 0.05) is 43.0 Å². The van der Waals surface area contributed by atoms with Gasteiger partial charge in [-0.15, -0.1) is 0 Å². The van der Waals surface area contributed by atoms with Gasteiger partial charge >= 0.3 is 5.97 Å². The summed E-state index contributed by atoms with van der Waals surface area (Å²) in [6.45, 7) is 3.13. The third-order valence-corrected chi connectivity index (χ3v) is 3.43. The molecule has 0 unspecified atom stereocenters. The van der Waals surface area contributed by atoms with Gasteiger partial charge in [0.05, 0.1) is 0 Å². The van der Waals surface area contributed by atoms with Crippen LogP contribution in [-0.4, -0.2) is 28.1 Å². The van der Waals surface area contributed by atoms with E-state index in [4.69, 9.17) is 5.11 Å². The zero-order valence-electron chi connectivity index (χ0n) is 12.1. The summed E-state index contributed by atoms with van der Waals surface area (Å²) in [5.74, 6) is -0.767. The van der Waals surface area contributed by atoms with Gasteiger partial charge in [-0.2, -0.15) is 0 Å². The minimum atomic E-state index is -0.797. The smallest absolute Gasteiger partial charge is 0.303 e. The standard InChI is InChI=1S/C16H20N2O3/c1-2-17-15(19)9-10-18-11-12(7-8-16(20)21)13-5-3-4-6-14(13)18/h3-6,11H,2,7-10H2,1H3,(H,17,19)(H,20,21). The number of carbonyl (C=O) groups is 2. The van der Waals surface area contributed by atoms with Gasteiger partial charge < -0.3 is 15.0 Å². The van der Waals surface area contributed by atoms with Crippen molar-refractivity contribution in [1.82, 2.24) is 9.88 Å². The molecule has 2 rings (SSSR count). The number of hydrogen-bond donors (Lipinski definition) is 2. The molecule has 1 amide bonds. The summed E-state index contributed by atoms with van der Waals surface area (Å²) in [5.41, 5.74) is 2.06.